The van der Waals surface area contributed by atoms with Gasteiger partial charge >= 0.3 is 5.97 Å². The van der Waals surface area contributed by atoms with Gasteiger partial charge in [0.15, 0.2) is 6.04 Å². The van der Waals surface area contributed by atoms with Gasteiger partial charge in [-0.1, -0.05) is 0 Å². The first-order valence-electron chi connectivity index (χ1n) is 5.23. The number of carboxylic acid groups (broad SMARTS) is 1. The summed E-state index contributed by atoms with van der Waals surface area (Å²) in [4.78, 5) is 11.0. The quantitative estimate of drug-likeness (QED) is 0.652. The van der Waals surface area contributed by atoms with Crippen molar-refractivity contribution >= 4 is 5.97 Å². The molecule has 3 aliphatic rings. The lowest BCUT2D eigenvalue weighted by molar-refractivity contribution is -0.955. The standard InChI is InChI=1S/C10H17NO2/c1-8(10(12)13)11-5-2-9(3-6-11)4-7-11/h8-9H,2-7H2,1H3/p+1. The maximum Gasteiger partial charge on any atom is 0.362 e. The molecule has 0 radical (unpaired) electrons. The molecular formula is C10H18NO2+. The van der Waals surface area contributed by atoms with Gasteiger partial charge in [0.25, 0.3) is 0 Å². The lowest BCUT2D eigenvalue weighted by Crippen LogP contribution is -2.64. The van der Waals surface area contributed by atoms with E-state index in [9.17, 15) is 4.79 Å². The first kappa shape index (κ1) is 9.00. The van der Waals surface area contributed by atoms with E-state index in [0.717, 1.165) is 30.0 Å². The molecule has 1 N–H and O–H groups in total. The number of carbonyl (C=O) groups is 1. The molecule has 3 heteroatoms. The minimum Gasteiger partial charge on any atom is -0.477 e. The van der Waals surface area contributed by atoms with Crippen LogP contribution in [0.15, 0.2) is 0 Å². The largest absolute Gasteiger partial charge is 0.477 e. The van der Waals surface area contributed by atoms with Crippen molar-refractivity contribution < 1.29 is 14.4 Å². The third-order valence-corrected chi connectivity index (χ3v) is 4.13. The lowest BCUT2D eigenvalue weighted by Gasteiger charge is -2.51. The lowest BCUT2D eigenvalue weighted by atomic mass is 9.84. The molecule has 3 rings (SSSR count). The Bertz CT molecular complexity index is 205. The highest BCUT2D eigenvalue weighted by atomic mass is 16.4. The van der Waals surface area contributed by atoms with E-state index in [1.807, 2.05) is 6.92 Å². The summed E-state index contributed by atoms with van der Waals surface area (Å²) in [5, 5.41) is 9.03. The van der Waals surface area contributed by atoms with Gasteiger partial charge in [0, 0.05) is 0 Å². The molecule has 0 aromatic carbocycles. The highest BCUT2D eigenvalue weighted by Crippen LogP contribution is 2.35. The fraction of sp³-hybridized carbons (Fsp3) is 0.900. The van der Waals surface area contributed by atoms with E-state index in [1.54, 1.807) is 0 Å². The number of hydrogen-bond donors (Lipinski definition) is 1. The maximum atomic E-state index is 11.0. The third-order valence-electron chi connectivity index (χ3n) is 4.13. The van der Waals surface area contributed by atoms with E-state index in [0.29, 0.717) is 0 Å². The molecule has 74 valence electrons. The van der Waals surface area contributed by atoms with Gasteiger partial charge in [-0.3, -0.25) is 0 Å². The molecule has 3 aliphatic heterocycles. The zero-order chi connectivity index (χ0) is 9.47. The van der Waals surface area contributed by atoms with Gasteiger partial charge in [-0.05, 0) is 32.1 Å². The number of hydrogen-bond acceptors (Lipinski definition) is 1. The topological polar surface area (TPSA) is 37.3 Å². The van der Waals surface area contributed by atoms with Crippen LogP contribution in [-0.2, 0) is 4.79 Å². The third kappa shape index (κ3) is 1.35. The van der Waals surface area contributed by atoms with Crippen LogP contribution in [0.1, 0.15) is 26.2 Å². The number of aliphatic carboxylic acids is 1. The Morgan fingerprint density at radius 2 is 1.77 bits per heavy atom. The van der Waals surface area contributed by atoms with Crippen LogP contribution >= 0.6 is 0 Å². The van der Waals surface area contributed by atoms with Crippen molar-refractivity contribution in [3.63, 3.8) is 0 Å². The molecule has 0 aromatic heterocycles. The summed E-state index contributed by atoms with van der Waals surface area (Å²) in [5.74, 6) is 0.279. The van der Waals surface area contributed by atoms with Gasteiger partial charge in [-0.2, -0.15) is 0 Å². The average molecular weight is 184 g/mol. The Balaban J connectivity index is 2.14. The number of nitrogens with zero attached hydrogens (tertiary/aromatic N) is 1. The van der Waals surface area contributed by atoms with Crippen molar-refractivity contribution in [1.82, 2.24) is 0 Å². The van der Waals surface area contributed by atoms with E-state index in [1.165, 1.54) is 19.3 Å². The summed E-state index contributed by atoms with van der Waals surface area (Å²) in [6.45, 7) is 5.16. The summed E-state index contributed by atoms with van der Waals surface area (Å²) in [5.41, 5.74) is 0. The van der Waals surface area contributed by atoms with E-state index >= 15 is 0 Å². The van der Waals surface area contributed by atoms with Crippen LogP contribution in [0.5, 0.6) is 0 Å². The molecule has 3 nitrogen and oxygen atoms in total. The van der Waals surface area contributed by atoms with Gasteiger partial charge in [0.2, 0.25) is 0 Å². The van der Waals surface area contributed by atoms with E-state index in [-0.39, 0.29) is 6.04 Å². The predicted molar refractivity (Wildman–Crippen MR) is 49.3 cm³/mol. The molecule has 0 spiro atoms. The number of fused-ring (bicyclic) bond motifs is 3. The molecule has 0 saturated carbocycles. The van der Waals surface area contributed by atoms with Crippen LogP contribution in [0.4, 0.5) is 0 Å². The van der Waals surface area contributed by atoms with Gasteiger partial charge < -0.3 is 9.59 Å². The molecule has 3 saturated heterocycles. The second-order valence-electron chi connectivity index (χ2n) is 4.64. The molecular weight excluding hydrogens is 166 g/mol. The number of carboxylic acids is 1. The van der Waals surface area contributed by atoms with Crippen LogP contribution in [0.3, 0.4) is 0 Å². The molecule has 2 bridgehead atoms. The van der Waals surface area contributed by atoms with Gasteiger partial charge in [0.1, 0.15) is 0 Å². The van der Waals surface area contributed by atoms with Crippen LogP contribution in [-0.4, -0.2) is 41.2 Å². The fourth-order valence-electron chi connectivity index (χ4n) is 2.90. The summed E-state index contributed by atoms with van der Waals surface area (Å²) in [6, 6.07) is -0.193. The molecule has 0 aliphatic carbocycles. The number of piperidine rings is 3. The fourth-order valence-corrected chi connectivity index (χ4v) is 2.90. The first-order valence-corrected chi connectivity index (χ1v) is 5.23. The molecule has 3 heterocycles. The molecule has 1 unspecified atom stereocenters. The zero-order valence-corrected chi connectivity index (χ0v) is 8.20. The summed E-state index contributed by atoms with van der Waals surface area (Å²) in [6.07, 6.45) is 3.74. The highest BCUT2D eigenvalue weighted by molar-refractivity contribution is 5.71. The average Bonchev–Trinajstić information content (AvgIpc) is 2.19. The molecule has 0 amide bonds. The van der Waals surface area contributed by atoms with Gasteiger partial charge in [-0.25, -0.2) is 4.79 Å². The van der Waals surface area contributed by atoms with Crippen LogP contribution in [0, 0.1) is 5.92 Å². The molecule has 1 atom stereocenters. The Labute approximate surface area is 78.9 Å². The van der Waals surface area contributed by atoms with Crippen LogP contribution in [0.25, 0.3) is 0 Å². The van der Waals surface area contributed by atoms with E-state index in [4.69, 9.17) is 5.11 Å². The van der Waals surface area contributed by atoms with Crippen molar-refractivity contribution in [2.24, 2.45) is 5.92 Å². The SMILES string of the molecule is CC(C(=O)O)[N+]12CCC(CC1)CC2. The van der Waals surface area contributed by atoms with Crippen molar-refractivity contribution in [1.29, 1.82) is 0 Å². The van der Waals surface area contributed by atoms with Crippen molar-refractivity contribution in [2.75, 3.05) is 19.6 Å². The van der Waals surface area contributed by atoms with E-state index < -0.39 is 5.97 Å². The van der Waals surface area contributed by atoms with Crippen molar-refractivity contribution in [3.05, 3.63) is 0 Å². The molecule has 13 heavy (non-hydrogen) atoms. The maximum absolute atomic E-state index is 11.0. The Kier molecular flexibility index (Phi) is 2.06. The molecule has 3 fully saturated rings. The predicted octanol–water partition coefficient (Wildman–Crippen LogP) is 1.09. The zero-order valence-electron chi connectivity index (χ0n) is 8.20. The molecule has 0 aromatic rings. The van der Waals surface area contributed by atoms with Gasteiger partial charge in [0.05, 0.1) is 19.6 Å². The van der Waals surface area contributed by atoms with Crippen LogP contribution < -0.4 is 0 Å². The highest BCUT2D eigenvalue weighted by Gasteiger charge is 2.45. The number of quaternary nitrogens is 1. The monoisotopic (exact) mass is 184 g/mol. The van der Waals surface area contributed by atoms with Crippen LogP contribution in [0.2, 0.25) is 0 Å². The Hall–Kier alpha value is -0.570. The summed E-state index contributed by atoms with van der Waals surface area (Å²) >= 11 is 0. The normalized spacial score (nSPS) is 40.2. The second kappa shape index (κ2) is 2.98. The van der Waals surface area contributed by atoms with Gasteiger partial charge in [-0.15, -0.1) is 0 Å². The minimum absolute atomic E-state index is 0.193. The Morgan fingerprint density at radius 1 is 1.31 bits per heavy atom. The summed E-state index contributed by atoms with van der Waals surface area (Å²) < 4.78 is 0.853. The van der Waals surface area contributed by atoms with Crippen molar-refractivity contribution in [2.45, 2.75) is 32.2 Å². The Morgan fingerprint density at radius 3 is 2.15 bits per heavy atom. The second-order valence-corrected chi connectivity index (χ2v) is 4.64. The van der Waals surface area contributed by atoms with E-state index in [2.05, 4.69) is 0 Å². The smallest absolute Gasteiger partial charge is 0.362 e. The minimum atomic E-state index is -0.625. The first-order chi connectivity index (χ1) is 6.14. The summed E-state index contributed by atoms with van der Waals surface area (Å²) in [7, 11) is 0. The van der Waals surface area contributed by atoms with Crippen molar-refractivity contribution in [3.8, 4) is 0 Å². The number of rotatable bonds is 2.